The van der Waals surface area contributed by atoms with E-state index >= 15 is 4.39 Å². The van der Waals surface area contributed by atoms with E-state index in [0.717, 1.165) is 6.07 Å². The van der Waals surface area contributed by atoms with Crippen LogP contribution in [0.25, 0.3) is 33.4 Å². The maximum absolute atomic E-state index is 15.2. The molecular formula is C22H13ClF2N4O. The predicted octanol–water partition coefficient (Wildman–Crippen LogP) is 5.05. The van der Waals surface area contributed by atoms with Gasteiger partial charge in [0.1, 0.15) is 11.6 Å². The van der Waals surface area contributed by atoms with E-state index in [-0.39, 0.29) is 32.9 Å². The Morgan fingerprint density at radius 3 is 2.80 bits per heavy atom. The molecule has 4 rings (SSSR count). The number of aromatic amines is 1. The maximum Gasteiger partial charge on any atom is 0.193 e. The number of pyridine rings is 1. The highest BCUT2D eigenvalue weighted by atomic mass is 35.5. The Morgan fingerprint density at radius 2 is 2.07 bits per heavy atom. The lowest BCUT2D eigenvalue weighted by Gasteiger charge is -2.10. The molecule has 0 bridgehead atoms. The Hall–Kier alpha value is -3.76. The number of benzene rings is 2. The van der Waals surface area contributed by atoms with Crippen LogP contribution in [0.4, 0.5) is 8.78 Å². The standard InChI is InChI=1S/C22H13ClF2N4O/c1-2-6-29-7-5-16(28-29)20-15(24)9-18-21(22(20)25)19(30)10-17(27-18)13-8-12(11-26)3-4-14(13)23/h2-5,7-10H,1,6H2,(H,27,30). The van der Waals surface area contributed by atoms with E-state index in [2.05, 4.69) is 16.7 Å². The highest BCUT2D eigenvalue weighted by molar-refractivity contribution is 6.33. The molecule has 0 aliphatic carbocycles. The molecule has 30 heavy (non-hydrogen) atoms. The number of nitriles is 1. The minimum Gasteiger partial charge on any atom is -0.354 e. The van der Waals surface area contributed by atoms with Crippen molar-refractivity contribution in [3.8, 4) is 28.6 Å². The number of halogens is 3. The van der Waals surface area contributed by atoms with Crippen LogP contribution in [0.15, 0.2) is 60.0 Å². The maximum atomic E-state index is 15.2. The summed E-state index contributed by atoms with van der Waals surface area (Å²) in [6.07, 6.45) is 3.17. The van der Waals surface area contributed by atoms with Crippen molar-refractivity contribution in [3.63, 3.8) is 0 Å². The third-order valence-electron chi connectivity index (χ3n) is 4.61. The minimum atomic E-state index is -1.00. The number of nitrogens with zero attached hydrogens (tertiary/aromatic N) is 3. The molecule has 0 saturated carbocycles. The molecule has 2 heterocycles. The van der Waals surface area contributed by atoms with E-state index in [1.165, 1.54) is 35.0 Å². The SMILES string of the molecule is C=CCn1ccc(-c2c(F)cc3[nH]c(-c4cc(C#N)ccc4Cl)cc(=O)c3c2F)n1. The second kappa shape index (κ2) is 7.58. The second-order valence-corrected chi connectivity index (χ2v) is 6.94. The van der Waals surface area contributed by atoms with Gasteiger partial charge in [0, 0.05) is 22.8 Å². The summed E-state index contributed by atoms with van der Waals surface area (Å²) >= 11 is 6.19. The van der Waals surface area contributed by atoms with E-state index in [4.69, 9.17) is 16.9 Å². The lowest BCUT2D eigenvalue weighted by molar-refractivity contribution is 0.594. The molecule has 0 aliphatic heterocycles. The zero-order valence-corrected chi connectivity index (χ0v) is 16.2. The average Bonchev–Trinajstić information content (AvgIpc) is 3.16. The molecule has 0 amide bonds. The normalized spacial score (nSPS) is 10.9. The van der Waals surface area contributed by atoms with Crippen LogP contribution in [0.1, 0.15) is 5.56 Å². The van der Waals surface area contributed by atoms with Gasteiger partial charge in [-0.2, -0.15) is 10.4 Å². The Kier molecular flexibility index (Phi) is 4.94. The van der Waals surface area contributed by atoms with E-state index < -0.39 is 17.1 Å². The van der Waals surface area contributed by atoms with Gasteiger partial charge in [0.05, 0.1) is 46.0 Å². The first-order valence-electron chi connectivity index (χ1n) is 8.82. The molecule has 1 N–H and O–H groups in total. The van der Waals surface area contributed by atoms with E-state index in [1.807, 2.05) is 6.07 Å². The summed E-state index contributed by atoms with van der Waals surface area (Å²) < 4.78 is 31.5. The summed E-state index contributed by atoms with van der Waals surface area (Å²) in [5, 5.41) is 13.2. The monoisotopic (exact) mass is 422 g/mol. The Labute approximate surface area is 174 Å². The summed E-state index contributed by atoms with van der Waals surface area (Å²) in [5.74, 6) is -1.87. The van der Waals surface area contributed by atoms with E-state index in [0.29, 0.717) is 17.7 Å². The number of aromatic nitrogens is 3. The van der Waals surface area contributed by atoms with Crippen molar-refractivity contribution >= 4 is 22.5 Å². The average molecular weight is 423 g/mol. The van der Waals surface area contributed by atoms with Crippen LogP contribution in [0.5, 0.6) is 0 Å². The number of hydrogen-bond acceptors (Lipinski definition) is 3. The summed E-state index contributed by atoms with van der Waals surface area (Å²) in [7, 11) is 0. The van der Waals surface area contributed by atoms with Crippen LogP contribution in [0.2, 0.25) is 5.02 Å². The second-order valence-electron chi connectivity index (χ2n) is 6.54. The van der Waals surface area contributed by atoms with Crippen LogP contribution in [0, 0.1) is 23.0 Å². The molecular weight excluding hydrogens is 410 g/mol. The number of rotatable bonds is 4. The molecule has 5 nitrogen and oxygen atoms in total. The van der Waals surface area contributed by atoms with Crippen molar-refractivity contribution in [2.45, 2.75) is 6.54 Å². The number of allylic oxidation sites excluding steroid dienone is 1. The summed E-state index contributed by atoms with van der Waals surface area (Å²) in [6.45, 7) is 3.97. The van der Waals surface area contributed by atoms with Crippen LogP contribution < -0.4 is 5.43 Å². The molecule has 0 fully saturated rings. The fourth-order valence-electron chi connectivity index (χ4n) is 3.25. The van der Waals surface area contributed by atoms with E-state index in [9.17, 15) is 9.18 Å². The fraction of sp³-hybridized carbons (Fsp3) is 0.0455. The molecule has 2 aromatic heterocycles. The van der Waals surface area contributed by atoms with Gasteiger partial charge in [-0.3, -0.25) is 9.48 Å². The molecule has 0 radical (unpaired) electrons. The summed E-state index contributed by atoms with van der Waals surface area (Å²) in [4.78, 5) is 15.6. The molecule has 0 spiro atoms. The van der Waals surface area contributed by atoms with Gasteiger partial charge >= 0.3 is 0 Å². The van der Waals surface area contributed by atoms with Gasteiger partial charge < -0.3 is 4.98 Å². The minimum absolute atomic E-state index is 0.0276. The van der Waals surface area contributed by atoms with Crippen LogP contribution in [-0.2, 0) is 6.54 Å². The van der Waals surface area contributed by atoms with Crippen molar-refractivity contribution in [2.75, 3.05) is 0 Å². The molecule has 0 unspecified atom stereocenters. The molecule has 0 saturated heterocycles. The number of fused-ring (bicyclic) bond motifs is 1. The van der Waals surface area contributed by atoms with Crippen molar-refractivity contribution in [1.82, 2.24) is 14.8 Å². The van der Waals surface area contributed by atoms with Gasteiger partial charge in [0.25, 0.3) is 0 Å². The quantitative estimate of drug-likeness (QED) is 0.468. The molecule has 0 aliphatic rings. The van der Waals surface area contributed by atoms with Crippen LogP contribution in [0.3, 0.4) is 0 Å². The van der Waals surface area contributed by atoms with Crippen molar-refractivity contribution in [3.05, 3.63) is 87.7 Å². The first kappa shape index (κ1) is 19.6. The smallest absolute Gasteiger partial charge is 0.193 e. The highest BCUT2D eigenvalue weighted by Gasteiger charge is 2.21. The third kappa shape index (κ3) is 3.27. The Morgan fingerprint density at radius 1 is 1.27 bits per heavy atom. The van der Waals surface area contributed by atoms with Crippen molar-refractivity contribution < 1.29 is 8.78 Å². The summed E-state index contributed by atoms with van der Waals surface area (Å²) in [5.41, 5.74) is -0.0333. The number of H-pyrrole nitrogens is 1. The Balaban J connectivity index is 1.93. The molecule has 4 aromatic rings. The largest absolute Gasteiger partial charge is 0.354 e. The Bertz CT molecular complexity index is 1420. The molecule has 0 atom stereocenters. The zero-order chi connectivity index (χ0) is 21.4. The van der Waals surface area contributed by atoms with Crippen molar-refractivity contribution in [2.24, 2.45) is 0 Å². The number of hydrogen-bond donors (Lipinski definition) is 1. The fourth-order valence-corrected chi connectivity index (χ4v) is 3.47. The first-order valence-corrected chi connectivity index (χ1v) is 9.20. The van der Waals surface area contributed by atoms with Gasteiger partial charge in [-0.1, -0.05) is 17.7 Å². The van der Waals surface area contributed by atoms with Crippen LogP contribution in [-0.4, -0.2) is 14.8 Å². The first-order chi connectivity index (χ1) is 14.4. The van der Waals surface area contributed by atoms with E-state index in [1.54, 1.807) is 12.3 Å². The van der Waals surface area contributed by atoms with Gasteiger partial charge in [-0.15, -0.1) is 6.58 Å². The van der Waals surface area contributed by atoms with Crippen molar-refractivity contribution in [1.29, 1.82) is 5.26 Å². The van der Waals surface area contributed by atoms with Gasteiger partial charge in [-0.05, 0) is 30.3 Å². The molecule has 8 heteroatoms. The molecule has 148 valence electrons. The third-order valence-corrected chi connectivity index (χ3v) is 4.94. The van der Waals surface area contributed by atoms with Gasteiger partial charge in [0.15, 0.2) is 5.43 Å². The predicted molar refractivity (Wildman–Crippen MR) is 111 cm³/mol. The topological polar surface area (TPSA) is 74.5 Å². The van der Waals surface area contributed by atoms with Crippen LogP contribution >= 0.6 is 11.6 Å². The number of nitrogens with one attached hydrogen (secondary N) is 1. The lowest BCUT2D eigenvalue weighted by Crippen LogP contribution is -2.08. The molecule has 2 aromatic carbocycles. The zero-order valence-electron chi connectivity index (χ0n) is 15.4. The lowest BCUT2D eigenvalue weighted by atomic mass is 10.0. The van der Waals surface area contributed by atoms with Gasteiger partial charge in [0.2, 0.25) is 0 Å². The highest BCUT2D eigenvalue weighted by Crippen LogP contribution is 2.32. The van der Waals surface area contributed by atoms with Gasteiger partial charge in [-0.25, -0.2) is 8.78 Å². The summed E-state index contributed by atoms with van der Waals surface area (Å²) in [6, 6.07) is 10.2.